The molecule has 0 aliphatic heterocycles. The third kappa shape index (κ3) is 6.71. The van der Waals surface area contributed by atoms with E-state index in [-0.39, 0.29) is 0 Å². The molecule has 0 radical (unpaired) electrons. The van der Waals surface area contributed by atoms with Gasteiger partial charge in [0.05, 0.1) is 0 Å². The summed E-state index contributed by atoms with van der Waals surface area (Å²) in [7, 11) is -10.5. The Morgan fingerprint density at radius 1 is 0.526 bits per heavy atom. The number of hydrogen-bond donors (Lipinski definition) is 0. The molecule has 0 aliphatic carbocycles. The molecule has 0 amide bonds. The fourth-order valence-electron chi connectivity index (χ4n) is 2.03. The summed E-state index contributed by atoms with van der Waals surface area (Å²) in [6.07, 6.45) is 0. The first-order chi connectivity index (χ1) is 7.97. The Morgan fingerprint density at radius 2 is 0.684 bits per heavy atom. The van der Waals surface area contributed by atoms with Crippen LogP contribution < -0.4 is 0 Å². The highest BCUT2D eigenvalue weighted by atomic mass is 32.2. The van der Waals surface area contributed by atoms with Crippen LogP contribution in [0, 0.1) is 0 Å². The zero-order chi connectivity index (χ0) is 15.9. The highest BCUT2D eigenvalue weighted by Crippen LogP contribution is 2.74. The molecule has 0 saturated carbocycles. The van der Waals surface area contributed by atoms with Crippen LogP contribution in [0.3, 0.4) is 0 Å². The molecule has 0 atom stereocenters. The van der Waals surface area contributed by atoms with Gasteiger partial charge in [-0.15, -0.1) is 11.8 Å². The van der Waals surface area contributed by atoms with Gasteiger partial charge in [0.2, 0.25) is 0 Å². The fraction of sp³-hybridized carbons (Fsp3) is 1.00. The van der Waals surface area contributed by atoms with Crippen molar-refractivity contribution >= 4 is 40.3 Å². The Balaban J connectivity index is 5.69. The van der Waals surface area contributed by atoms with Gasteiger partial charge in [-0.2, -0.15) is 0 Å². The molecule has 0 rings (SSSR count). The summed E-state index contributed by atoms with van der Waals surface area (Å²) in [5, 5.41) is 0. The Hall–Kier alpha value is 1.27. The third-order valence-electron chi connectivity index (χ3n) is 2.37. The predicted octanol–water partition coefficient (Wildman–Crippen LogP) is 4.78. The van der Waals surface area contributed by atoms with E-state index in [0.717, 1.165) is 0 Å². The molecule has 0 aromatic carbocycles. The summed E-state index contributed by atoms with van der Waals surface area (Å²) >= 11 is 1.17. The van der Waals surface area contributed by atoms with Gasteiger partial charge in [-0.05, 0) is 53.3 Å². The van der Waals surface area contributed by atoms with Crippen molar-refractivity contribution in [2.45, 2.75) is 9.46 Å². The maximum atomic E-state index is 12.4. The van der Waals surface area contributed by atoms with Crippen LogP contribution in [0.4, 0.5) is 0 Å². The molecular formula is C10H26O4P4S. The highest BCUT2D eigenvalue weighted by molar-refractivity contribution is 8.22. The van der Waals surface area contributed by atoms with Crippen LogP contribution >= 0.6 is 40.3 Å². The van der Waals surface area contributed by atoms with E-state index < -0.39 is 38.0 Å². The molecule has 0 heterocycles. The van der Waals surface area contributed by atoms with Gasteiger partial charge in [-0.1, -0.05) is 0 Å². The third-order valence-corrected chi connectivity index (χ3v) is 21.3. The Bertz CT molecular complexity index is 416. The molecule has 0 unspecified atom stereocenters. The van der Waals surface area contributed by atoms with Gasteiger partial charge in [0, 0.05) is 0 Å². The normalized spacial score (nSPS) is 15.3. The molecule has 0 spiro atoms. The SMILES string of the molecule is CP(C)(=O)C(SC(P(C)(C)=O)P(C)(C)=O)P(C)(C)=O. The van der Waals surface area contributed by atoms with Crippen LogP contribution in [0.15, 0.2) is 0 Å². The molecule has 0 N–H and O–H groups in total. The minimum absolute atomic E-state index is 0.577. The smallest absolute Gasteiger partial charge is 0.111 e. The Kier molecular flexibility index (Phi) is 6.59. The van der Waals surface area contributed by atoms with Crippen molar-refractivity contribution in [1.82, 2.24) is 0 Å². The lowest BCUT2D eigenvalue weighted by molar-refractivity contribution is 0.575. The van der Waals surface area contributed by atoms with Crippen LogP contribution in [0.2, 0.25) is 0 Å². The van der Waals surface area contributed by atoms with Gasteiger partial charge >= 0.3 is 0 Å². The number of hydrogen-bond acceptors (Lipinski definition) is 5. The van der Waals surface area contributed by atoms with Crippen molar-refractivity contribution in [1.29, 1.82) is 0 Å². The van der Waals surface area contributed by atoms with Crippen molar-refractivity contribution in [2.24, 2.45) is 0 Å². The van der Waals surface area contributed by atoms with Crippen molar-refractivity contribution in [3.63, 3.8) is 0 Å². The molecule has 0 fully saturated rings. The van der Waals surface area contributed by atoms with Crippen LogP contribution in [0.25, 0.3) is 0 Å². The molecule has 9 heteroatoms. The van der Waals surface area contributed by atoms with Gasteiger partial charge in [0.1, 0.15) is 38.0 Å². The van der Waals surface area contributed by atoms with Crippen LogP contribution in [-0.2, 0) is 18.3 Å². The molecule has 0 aliphatic rings. The number of thioether (sulfide) groups is 1. The second kappa shape index (κ2) is 6.18. The summed E-state index contributed by atoms with van der Waals surface area (Å²) < 4.78 is 48.4. The molecule has 0 aromatic rings. The zero-order valence-electron chi connectivity index (χ0n) is 13.0. The van der Waals surface area contributed by atoms with E-state index >= 15 is 0 Å². The largest absolute Gasteiger partial charge is 0.322 e. The van der Waals surface area contributed by atoms with E-state index in [1.54, 1.807) is 53.3 Å². The monoisotopic (exact) mass is 366 g/mol. The Morgan fingerprint density at radius 3 is 0.789 bits per heavy atom. The summed E-state index contributed by atoms with van der Waals surface area (Å²) in [5.41, 5.74) is 0. The predicted molar refractivity (Wildman–Crippen MR) is 93.0 cm³/mol. The van der Waals surface area contributed by atoms with E-state index in [9.17, 15) is 18.3 Å². The first-order valence-electron chi connectivity index (χ1n) is 5.81. The average Bonchev–Trinajstić information content (AvgIpc) is 1.91. The molecule has 116 valence electrons. The standard InChI is InChI=1S/C10H26O4P4S/c1-15(2,11)9(16(3,4)12)19-10(17(5,6)13)18(7,8)14/h9-10H,1-8H3. The van der Waals surface area contributed by atoms with Gasteiger partial charge in [0.15, 0.2) is 0 Å². The highest BCUT2D eigenvalue weighted by Gasteiger charge is 2.43. The topological polar surface area (TPSA) is 68.3 Å². The first-order valence-corrected chi connectivity index (χ1v) is 17.4. The molecule has 19 heavy (non-hydrogen) atoms. The summed E-state index contributed by atoms with van der Waals surface area (Å²) in [6.45, 7) is 12.7. The van der Waals surface area contributed by atoms with Crippen LogP contribution in [0.1, 0.15) is 0 Å². The summed E-state index contributed by atoms with van der Waals surface area (Å²) in [6, 6.07) is 0. The molecule has 4 nitrogen and oxygen atoms in total. The van der Waals surface area contributed by atoms with Crippen LogP contribution in [-0.4, -0.2) is 62.8 Å². The van der Waals surface area contributed by atoms with E-state index in [4.69, 9.17) is 0 Å². The molecule has 0 aromatic heterocycles. The molecule has 0 saturated heterocycles. The second-order valence-corrected chi connectivity index (χ2v) is 23.5. The average molecular weight is 366 g/mol. The first kappa shape index (κ1) is 20.3. The lowest BCUT2D eigenvalue weighted by atomic mass is 11.7. The quantitative estimate of drug-likeness (QED) is 0.633. The second-order valence-electron chi connectivity index (χ2n) is 6.53. The van der Waals surface area contributed by atoms with Crippen molar-refractivity contribution in [2.75, 3.05) is 53.3 Å². The van der Waals surface area contributed by atoms with Crippen LogP contribution in [0.5, 0.6) is 0 Å². The molecule has 0 bridgehead atoms. The van der Waals surface area contributed by atoms with E-state index in [1.807, 2.05) is 0 Å². The maximum Gasteiger partial charge on any atom is 0.111 e. The lowest BCUT2D eigenvalue weighted by Gasteiger charge is -2.32. The van der Waals surface area contributed by atoms with E-state index in [2.05, 4.69) is 0 Å². The summed E-state index contributed by atoms with van der Waals surface area (Å²) in [5.74, 6) is 0. The summed E-state index contributed by atoms with van der Waals surface area (Å²) in [4.78, 5) is 0. The minimum atomic E-state index is -2.63. The van der Waals surface area contributed by atoms with Gasteiger partial charge in [-0.3, -0.25) is 0 Å². The van der Waals surface area contributed by atoms with Gasteiger partial charge in [-0.25, -0.2) is 0 Å². The van der Waals surface area contributed by atoms with Crippen molar-refractivity contribution in [3.05, 3.63) is 0 Å². The Labute approximate surface area is 121 Å². The van der Waals surface area contributed by atoms with Gasteiger partial charge < -0.3 is 18.3 Å². The minimum Gasteiger partial charge on any atom is -0.322 e. The number of rotatable bonds is 6. The van der Waals surface area contributed by atoms with Crippen molar-refractivity contribution < 1.29 is 18.3 Å². The van der Waals surface area contributed by atoms with E-state index in [0.29, 0.717) is 0 Å². The van der Waals surface area contributed by atoms with Gasteiger partial charge in [0.25, 0.3) is 0 Å². The van der Waals surface area contributed by atoms with Crippen molar-refractivity contribution in [3.8, 4) is 0 Å². The van der Waals surface area contributed by atoms with E-state index in [1.165, 1.54) is 11.8 Å². The fourth-order valence-corrected chi connectivity index (χ4v) is 20.3. The maximum absolute atomic E-state index is 12.4. The molecular weight excluding hydrogens is 340 g/mol. The zero-order valence-corrected chi connectivity index (χ0v) is 17.4. The lowest BCUT2D eigenvalue weighted by Crippen LogP contribution is -2.11.